The highest BCUT2D eigenvalue weighted by atomic mass is 127. The Labute approximate surface area is 127 Å². The normalized spacial score (nSPS) is 10.1. The summed E-state index contributed by atoms with van der Waals surface area (Å²) in [7, 11) is 0. The molecule has 0 bridgehead atoms. The zero-order valence-corrected chi connectivity index (χ0v) is 13.0. The summed E-state index contributed by atoms with van der Waals surface area (Å²) in [6, 6.07) is 12.7. The Kier molecular flexibility index (Phi) is 4.23. The summed E-state index contributed by atoms with van der Waals surface area (Å²) in [5.41, 5.74) is 7.52. The zero-order chi connectivity index (χ0) is 13.1. The van der Waals surface area contributed by atoms with Crippen LogP contribution in [-0.2, 0) is 0 Å². The Morgan fingerprint density at radius 3 is 2.50 bits per heavy atom. The number of hydrogen-bond acceptors (Lipinski definition) is 2. The standard InChI is InChI=1S/C13H10BrIN2O/c14-12-6-3-9(16)7-11(12)13(18)17-10-4-1-8(15)2-5-10/h1-7H,16H2,(H,17,18). The lowest BCUT2D eigenvalue weighted by Gasteiger charge is -2.07. The molecular formula is C13H10BrIN2O. The number of anilines is 2. The maximum absolute atomic E-state index is 12.1. The molecule has 0 saturated carbocycles. The fourth-order valence-corrected chi connectivity index (χ4v) is 2.23. The van der Waals surface area contributed by atoms with Crippen LogP contribution in [0.3, 0.4) is 0 Å². The molecule has 2 aromatic carbocycles. The van der Waals surface area contributed by atoms with Crippen molar-refractivity contribution in [3.63, 3.8) is 0 Å². The summed E-state index contributed by atoms with van der Waals surface area (Å²) in [4.78, 5) is 12.1. The first-order valence-corrected chi connectivity index (χ1v) is 7.05. The highest BCUT2D eigenvalue weighted by Gasteiger charge is 2.10. The van der Waals surface area contributed by atoms with E-state index in [2.05, 4.69) is 43.8 Å². The third-order valence-electron chi connectivity index (χ3n) is 2.34. The molecule has 0 radical (unpaired) electrons. The van der Waals surface area contributed by atoms with E-state index < -0.39 is 0 Å². The van der Waals surface area contributed by atoms with Crippen molar-refractivity contribution in [1.29, 1.82) is 0 Å². The quantitative estimate of drug-likeness (QED) is 0.576. The van der Waals surface area contributed by atoms with Crippen molar-refractivity contribution in [3.05, 3.63) is 56.1 Å². The Bertz CT molecular complexity index is 584. The van der Waals surface area contributed by atoms with Gasteiger partial charge in [-0.2, -0.15) is 0 Å². The smallest absolute Gasteiger partial charge is 0.256 e. The fraction of sp³-hybridized carbons (Fsp3) is 0. The number of rotatable bonds is 2. The Morgan fingerprint density at radius 2 is 1.83 bits per heavy atom. The van der Waals surface area contributed by atoms with Gasteiger partial charge in [0.15, 0.2) is 0 Å². The minimum Gasteiger partial charge on any atom is -0.399 e. The van der Waals surface area contributed by atoms with Crippen LogP contribution >= 0.6 is 38.5 Å². The second-order valence-corrected chi connectivity index (χ2v) is 5.80. The number of nitrogens with two attached hydrogens (primary N) is 1. The molecule has 0 aliphatic rings. The van der Waals surface area contributed by atoms with E-state index in [4.69, 9.17) is 5.73 Å². The molecule has 0 aliphatic carbocycles. The highest BCUT2D eigenvalue weighted by Crippen LogP contribution is 2.21. The molecule has 18 heavy (non-hydrogen) atoms. The maximum Gasteiger partial charge on any atom is 0.256 e. The fourth-order valence-electron chi connectivity index (χ4n) is 1.45. The summed E-state index contributed by atoms with van der Waals surface area (Å²) in [5, 5.41) is 2.83. The molecule has 0 heterocycles. The van der Waals surface area contributed by atoms with Gasteiger partial charge in [-0.1, -0.05) is 0 Å². The molecule has 92 valence electrons. The molecule has 3 nitrogen and oxygen atoms in total. The van der Waals surface area contributed by atoms with Crippen molar-refractivity contribution in [2.45, 2.75) is 0 Å². The van der Waals surface area contributed by atoms with Gasteiger partial charge in [0.2, 0.25) is 0 Å². The molecular weight excluding hydrogens is 407 g/mol. The summed E-state index contributed by atoms with van der Waals surface area (Å²) in [6.07, 6.45) is 0. The topological polar surface area (TPSA) is 55.1 Å². The van der Waals surface area contributed by atoms with Crippen molar-refractivity contribution < 1.29 is 4.79 Å². The lowest BCUT2D eigenvalue weighted by atomic mass is 10.2. The van der Waals surface area contributed by atoms with Gasteiger partial charge in [0.1, 0.15) is 0 Å². The molecule has 0 fully saturated rings. The maximum atomic E-state index is 12.1. The first kappa shape index (κ1) is 13.4. The van der Waals surface area contributed by atoms with Crippen LogP contribution in [0.5, 0.6) is 0 Å². The molecule has 0 atom stereocenters. The van der Waals surface area contributed by atoms with Gasteiger partial charge in [-0.15, -0.1) is 0 Å². The van der Waals surface area contributed by atoms with Gasteiger partial charge in [-0.05, 0) is 81.0 Å². The van der Waals surface area contributed by atoms with Gasteiger partial charge in [-0.25, -0.2) is 0 Å². The van der Waals surface area contributed by atoms with E-state index in [1.807, 2.05) is 24.3 Å². The Balaban J connectivity index is 2.21. The van der Waals surface area contributed by atoms with E-state index >= 15 is 0 Å². The van der Waals surface area contributed by atoms with Crippen molar-refractivity contribution in [2.24, 2.45) is 0 Å². The average molecular weight is 417 g/mol. The summed E-state index contributed by atoms with van der Waals surface area (Å²) in [5.74, 6) is -0.185. The van der Waals surface area contributed by atoms with E-state index in [9.17, 15) is 4.79 Å². The SMILES string of the molecule is Nc1ccc(Br)c(C(=O)Nc2ccc(I)cc2)c1. The minimum absolute atomic E-state index is 0.185. The van der Waals surface area contributed by atoms with E-state index in [-0.39, 0.29) is 5.91 Å². The van der Waals surface area contributed by atoms with Crippen molar-refractivity contribution in [2.75, 3.05) is 11.1 Å². The van der Waals surface area contributed by atoms with Crippen LogP contribution in [0.2, 0.25) is 0 Å². The molecule has 1 amide bonds. The predicted octanol–water partition coefficient (Wildman–Crippen LogP) is 3.89. The summed E-state index contributed by atoms with van der Waals surface area (Å²) in [6.45, 7) is 0. The summed E-state index contributed by atoms with van der Waals surface area (Å²) >= 11 is 5.55. The van der Waals surface area contributed by atoms with Crippen LogP contribution in [0.4, 0.5) is 11.4 Å². The van der Waals surface area contributed by atoms with Gasteiger partial charge in [0.05, 0.1) is 5.56 Å². The number of nitrogen functional groups attached to an aromatic ring is 1. The van der Waals surface area contributed by atoms with Gasteiger partial charge in [-0.3, -0.25) is 4.79 Å². The number of amides is 1. The van der Waals surface area contributed by atoms with Crippen molar-refractivity contribution in [3.8, 4) is 0 Å². The molecule has 2 rings (SSSR count). The largest absolute Gasteiger partial charge is 0.399 e. The van der Waals surface area contributed by atoms with Gasteiger partial charge in [0, 0.05) is 19.4 Å². The van der Waals surface area contributed by atoms with Crippen molar-refractivity contribution in [1.82, 2.24) is 0 Å². The molecule has 3 N–H and O–H groups in total. The van der Waals surface area contributed by atoms with Crippen LogP contribution < -0.4 is 11.1 Å². The molecule has 0 saturated heterocycles. The first-order valence-electron chi connectivity index (χ1n) is 5.18. The van der Waals surface area contributed by atoms with Crippen molar-refractivity contribution >= 4 is 55.8 Å². The Morgan fingerprint density at radius 1 is 1.17 bits per heavy atom. The second kappa shape index (κ2) is 5.71. The van der Waals surface area contributed by atoms with E-state index in [0.29, 0.717) is 11.3 Å². The van der Waals surface area contributed by atoms with Gasteiger partial charge >= 0.3 is 0 Å². The number of nitrogens with one attached hydrogen (secondary N) is 1. The lowest BCUT2D eigenvalue weighted by molar-refractivity contribution is 0.102. The number of hydrogen-bond donors (Lipinski definition) is 2. The Hall–Kier alpha value is -1.08. The van der Waals surface area contributed by atoms with E-state index in [0.717, 1.165) is 13.7 Å². The van der Waals surface area contributed by atoms with E-state index in [1.165, 1.54) is 0 Å². The predicted molar refractivity (Wildman–Crippen MR) is 85.7 cm³/mol. The molecule has 5 heteroatoms. The molecule has 0 aliphatic heterocycles. The second-order valence-electron chi connectivity index (χ2n) is 3.70. The monoisotopic (exact) mass is 416 g/mol. The molecule has 0 aromatic heterocycles. The zero-order valence-electron chi connectivity index (χ0n) is 9.28. The molecule has 0 unspecified atom stereocenters. The number of benzene rings is 2. The summed E-state index contributed by atoms with van der Waals surface area (Å²) < 4.78 is 1.84. The molecule has 2 aromatic rings. The average Bonchev–Trinajstić information content (AvgIpc) is 2.35. The minimum atomic E-state index is -0.185. The third-order valence-corrected chi connectivity index (χ3v) is 3.75. The van der Waals surface area contributed by atoms with E-state index in [1.54, 1.807) is 18.2 Å². The van der Waals surface area contributed by atoms with Crippen LogP contribution in [-0.4, -0.2) is 5.91 Å². The number of carbonyl (C=O) groups excluding carboxylic acids is 1. The highest BCUT2D eigenvalue weighted by molar-refractivity contribution is 14.1. The van der Waals surface area contributed by atoms with Crippen LogP contribution in [0.25, 0.3) is 0 Å². The lowest BCUT2D eigenvalue weighted by Crippen LogP contribution is -2.12. The van der Waals surface area contributed by atoms with Gasteiger partial charge < -0.3 is 11.1 Å². The number of carbonyl (C=O) groups is 1. The third kappa shape index (κ3) is 3.23. The van der Waals surface area contributed by atoms with Gasteiger partial charge in [0.25, 0.3) is 5.91 Å². The molecule has 0 spiro atoms. The first-order chi connectivity index (χ1) is 8.56. The van der Waals surface area contributed by atoms with Crippen LogP contribution in [0.15, 0.2) is 46.9 Å². The van der Waals surface area contributed by atoms with Crippen LogP contribution in [0.1, 0.15) is 10.4 Å². The van der Waals surface area contributed by atoms with Crippen LogP contribution in [0, 0.1) is 3.57 Å². The number of halogens is 2.